The molecule has 2 N–H and O–H groups in total. The van der Waals surface area contributed by atoms with Gasteiger partial charge in [-0.2, -0.15) is 0 Å². The molecule has 0 bridgehead atoms. The fraction of sp³-hybridized carbons (Fsp3) is 0.0556. The number of halogens is 1. The van der Waals surface area contributed by atoms with Crippen molar-refractivity contribution < 1.29 is 24.2 Å². The summed E-state index contributed by atoms with van der Waals surface area (Å²) in [5.41, 5.74) is 1.17. The molecular formula is C18H12ClNO5S2. The highest BCUT2D eigenvalue weighted by atomic mass is 35.5. The lowest BCUT2D eigenvalue weighted by Crippen LogP contribution is -2.21. The van der Waals surface area contributed by atoms with E-state index in [2.05, 4.69) is 5.32 Å². The van der Waals surface area contributed by atoms with Crippen LogP contribution >= 0.6 is 34.3 Å². The second-order valence-electron chi connectivity index (χ2n) is 5.27. The summed E-state index contributed by atoms with van der Waals surface area (Å²) in [6.07, 6.45) is 0.651. The second-order valence-corrected chi connectivity index (χ2v) is 7.53. The number of benzene rings is 1. The Bertz CT molecular complexity index is 994. The number of carbonyl (C=O) groups is 3. The summed E-state index contributed by atoms with van der Waals surface area (Å²) in [6.45, 7) is -0.342. The largest absolute Gasteiger partial charge is 0.482 e. The van der Waals surface area contributed by atoms with Crippen LogP contribution in [0.2, 0.25) is 5.02 Å². The lowest BCUT2D eigenvalue weighted by Gasteiger charge is -2.07. The van der Waals surface area contributed by atoms with Gasteiger partial charge in [0.25, 0.3) is 5.91 Å². The first kappa shape index (κ1) is 19.1. The Morgan fingerprint density at radius 2 is 1.93 bits per heavy atom. The monoisotopic (exact) mass is 421 g/mol. The highest BCUT2D eigenvalue weighted by molar-refractivity contribution is 7.15. The fourth-order valence-corrected chi connectivity index (χ4v) is 4.06. The number of aromatic carboxylic acids is 1. The molecule has 6 nitrogen and oxygen atoms in total. The van der Waals surface area contributed by atoms with Gasteiger partial charge in [0, 0.05) is 16.0 Å². The normalized spacial score (nSPS) is 10.4. The van der Waals surface area contributed by atoms with Crippen LogP contribution in [0.15, 0.2) is 41.1 Å². The maximum Gasteiger partial charge on any atom is 0.339 e. The van der Waals surface area contributed by atoms with Gasteiger partial charge in [-0.25, -0.2) is 4.79 Å². The molecule has 9 heteroatoms. The number of aldehydes is 1. The summed E-state index contributed by atoms with van der Waals surface area (Å²) in [5.74, 6) is -1.36. The van der Waals surface area contributed by atoms with Crippen molar-refractivity contribution in [2.75, 3.05) is 11.9 Å². The zero-order chi connectivity index (χ0) is 19.4. The van der Waals surface area contributed by atoms with E-state index in [4.69, 9.17) is 16.3 Å². The van der Waals surface area contributed by atoms with Crippen LogP contribution in [-0.2, 0) is 4.79 Å². The molecule has 0 aliphatic carbocycles. The van der Waals surface area contributed by atoms with Gasteiger partial charge in [0.05, 0.1) is 0 Å². The first-order valence-electron chi connectivity index (χ1n) is 7.55. The van der Waals surface area contributed by atoms with Crippen molar-refractivity contribution in [3.05, 3.63) is 56.6 Å². The molecule has 0 aliphatic rings. The number of nitrogens with one attached hydrogen (secondary N) is 1. The molecule has 2 aromatic heterocycles. The van der Waals surface area contributed by atoms with E-state index < -0.39 is 11.9 Å². The Kier molecular flexibility index (Phi) is 5.90. The first-order chi connectivity index (χ1) is 13.0. The average Bonchev–Trinajstić information content (AvgIpc) is 3.27. The summed E-state index contributed by atoms with van der Waals surface area (Å²) in [7, 11) is 0. The fourth-order valence-electron chi connectivity index (χ4n) is 2.32. The summed E-state index contributed by atoms with van der Waals surface area (Å²) in [5, 5.41) is 16.2. The molecule has 138 valence electrons. The molecule has 27 heavy (non-hydrogen) atoms. The predicted molar refractivity (Wildman–Crippen MR) is 106 cm³/mol. The van der Waals surface area contributed by atoms with Gasteiger partial charge in [-0.05, 0) is 29.1 Å². The average molecular weight is 422 g/mol. The third-order valence-corrected chi connectivity index (χ3v) is 5.51. The van der Waals surface area contributed by atoms with E-state index in [0.717, 1.165) is 11.3 Å². The van der Waals surface area contributed by atoms with Gasteiger partial charge >= 0.3 is 5.97 Å². The van der Waals surface area contributed by atoms with Crippen LogP contribution in [0, 0.1) is 0 Å². The number of carboxylic acid groups (broad SMARTS) is 1. The standard InChI is InChI=1S/C18H12ClNO5S2/c19-11-3-1-10(2-4-11)12-9-27-17(16(12)18(23)24)20-15(22)8-25-13-5-6-26-14(13)7-21/h1-7,9H,8H2,(H,20,22)(H,23,24). The zero-order valence-corrected chi connectivity index (χ0v) is 16.0. The number of ether oxygens (including phenoxy) is 1. The van der Waals surface area contributed by atoms with Gasteiger partial charge in [0.2, 0.25) is 0 Å². The number of carbonyl (C=O) groups excluding carboxylic acids is 2. The zero-order valence-electron chi connectivity index (χ0n) is 13.6. The highest BCUT2D eigenvalue weighted by Crippen LogP contribution is 2.36. The maximum absolute atomic E-state index is 12.1. The van der Waals surface area contributed by atoms with Gasteiger partial charge < -0.3 is 15.2 Å². The Morgan fingerprint density at radius 3 is 2.59 bits per heavy atom. The van der Waals surface area contributed by atoms with E-state index >= 15 is 0 Å². The minimum atomic E-state index is -1.15. The molecule has 0 radical (unpaired) electrons. The van der Waals surface area contributed by atoms with Crippen LogP contribution in [0.1, 0.15) is 20.0 Å². The van der Waals surface area contributed by atoms with Crippen molar-refractivity contribution in [1.82, 2.24) is 0 Å². The predicted octanol–water partition coefficient (Wildman–Crippen LogP) is 4.66. The van der Waals surface area contributed by atoms with E-state index in [1.165, 1.54) is 11.3 Å². The number of amides is 1. The van der Waals surface area contributed by atoms with Gasteiger partial charge in [-0.3, -0.25) is 9.59 Å². The highest BCUT2D eigenvalue weighted by Gasteiger charge is 2.21. The molecule has 0 spiro atoms. The number of carboxylic acids is 1. The van der Waals surface area contributed by atoms with E-state index in [1.54, 1.807) is 41.1 Å². The number of rotatable bonds is 7. The molecule has 0 fully saturated rings. The van der Waals surface area contributed by atoms with Gasteiger partial charge in [-0.15, -0.1) is 22.7 Å². The van der Waals surface area contributed by atoms with Crippen LogP contribution < -0.4 is 10.1 Å². The number of hydrogen-bond acceptors (Lipinski definition) is 6. The Labute approximate surface area is 167 Å². The van der Waals surface area contributed by atoms with Crippen molar-refractivity contribution >= 4 is 57.4 Å². The molecule has 0 aliphatic heterocycles. The maximum atomic E-state index is 12.1. The third kappa shape index (κ3) is 4.36. The van der Waals surface area contributed by atoms with E-state index in [1.807, 2.05) is 0 Å². The smallest absolute Gasteiger partial charge is 0.339 e. The molecule has 3 aromatic rings. The van der Waals surface area contributed by atoms with Gasteiger partial charge in [0.15, 0.2) is 12.9 Å². The molecule has 2 heterocycles. The summed E-state index contributed by atoms with van der Waals surface area (Å²) in [4.78, 5) is 35.1. The molecule has 0 saturated heterocycles. The van der Waals surface area contributed by atoms with Gasteiger partial charge in [-0.1, -0.05) is 23.7 Å². The molecule has 1 aromatic carbocycles. The van der Waals surface area contributed by atoms with Crippen LogP contribution in [-0.4, -0.2) is 29.9 Å². The Balaban J connectivity index is 1.76. The van der Waals surface area contributed by atoms with Crippen molar-refractivity contribution in [2.45, 2.75) is 0 Å². The van der Waals surface area contributed by atoms with E-state index in [0.29, 0.717) is 33.1 Å². The SMILES string of the molecule is O=Cc1sccc1OCC(=O)Nc1scc(-c2ccc(Cl)cc2)c1C(=O)O. The topological polar surface area (TPSA) is 92.7 Å². The summed E-state index contributed by atoms with van der Waals surface area (Å²) < 4.78 is 5.32. The quantitative estimate of drug-likeness (QED) is 0.541. The van der Waals surface area contributed by atoms with E-state index in [-0.39, 0.29) is 17.2 Å². The number of anilines is 1. The van der Waals surface area contributed by atoms with Crippen molar-refractivity contribution in [3.63, 3.8) is 0 Å². The molecule has 0 atom stereocenters. The minimum absolute atomic E-state index is 0.000198. The molecule has 3 rings (SSSR count). The van der Waals surface area contributed by atoms with Crippen LogP contribution in [0.5, 0.6) is 5.75 Å². The molecule has 0 unspecified atom stereocenters. The lowest BCUT2D eigenvalue weighted by atomic mass is 10.0. The number of thiophene rings is 2. The summed E-state index contributed by atoms with van der Waals surface area (Å²) in [6, 6.07) is 8.34. The van der Waals surface area contributed by atoms with Crippen molar-refractivity contribution in [1.29, 1.82) is 0 Å². The third-order valence-electron chi connectivity index (χ3n) is 3.54. The van der Waals surface area contributed by atoms with Gasteiger partial charge in [0.1, 0.15) is 21.2 Å². The van der Waals surface area contributed by atoms with E-state index in [9.17, 15) is 19.5 Å². The second kappa shape index (κ2) is 8.34. The molecule has 0 saturated carbocycles. The molecule has 1 amide bonds. The summed E-state index contributed by atoms with van der Waals surface area (Å²) >= 11 is 8.18. The molecular weight excluding hydrogens is 410 g/mol. The Morgan fingerprint density at radius 1 is 1.19 bits per heavy atom. The first-order valence-corrected chi connectivity index (χ1v) is 9.69. The van der Waals surface area contributed by atoms with Crippen LogP contribution in [0.3, 0.4) is 0 Å². The Hall–Kier alpha value is -2.68. The lowest BCUT2D eigenvalue weighted by molar-refractivity contribution is -0.118. The minimum Gasteiger partial charge on any atom is -0.482 e. The number of hydrogen-bond donors (Lipinski definition) is 2. The van der Waals surface area contributed by atoms with Crippen LogP contribution in [0.4, 0.5) is 5.00 Å². The van der Waals surface area contributed by atoms with Crippen molar-refractivity contribution in [2.24, 2.45) is 0 Å². The van der Waals surface area contributed by atoms with Crippen LogP contribution in [0.25, 0.3) is 11.1 Å². The van der Waals surface area contributed by atoms with Crippen molar-refractivity contribution in [3.8, 4) is 16.9 Å².